The zero-order valence-electron chi connectivity index (χ0n) is 10.1. The molecule has 2 rings (SSSR count). The molecule has 3 nitrogen and oxygen atoms in total. The van der Waals surface area contributed by atoms with Crippen LogP contribution in [-0.2, 0) is 0 Å². The smallest absolute Gasteiger partial charge is 0.222 e. The summed E-state index contributed by atoms with van der Waals surface area (Å²) in [5.74, 6) is -0.896. The van der Waals surface area contributed by atoms with E-state index in [2.05, 4.69) is 5.32 Å². The van der Waals surface area contributed by atoms with Crippen LogP contribution >= 0.6 is 0 Å². The summed E-state index contributed by atoms with van der Waals surface area (Å²) in [5.41, 5.74) is 0.0843. The molecule has 1 N–H and O–H groups in total. The first kappa shape index (κ1) is 13.0. The second kappa shape index (κ2) is 5.48. The number of carbonyl (C=O) groups excluding carboxylic acids is 1. The molecule has 1 aromatic heterocycles. The Morgan fingerprint density at radius 3 is 2.68 bits per heavy atom. The fourth-order valence-corrected chi connectivity index (χ4v) is 1.46. The van der Waals surface area contributed by atoms with E-state index in [9.17, 15) is 13.6 Å². The monoisotopic (exact) mass is 263 g/mol. The van der Waals surface area contributed by atoms with Gasteiger partial charge in [0, 0.05) is 18.3 Å². The Balaban J connectivity index is 2.02. The number of halogens is 2. The van der Waals surface area contributed by atoms with Gasteiger partial charge in [0.25, 0.3) is 0 Å². The van der Waals surface area contributed by atoms with E-state index in [0.717, 1.165) is 12.1 Å². The summed E-state index contributed by atoms with van der Waals surface area (Å²) < 4.78 is 31.1. The van der Waals surface area contributed by atoms with Crippen LogP contribution in [0.5, 0.6) is 0 Å². The van der Waals surface area contributed by atoms with Crippen LogP contribution < -0.4 is 5.32 Å². The summed E-state index contributed by atoms with van der Waals surface area (Å²) >= 11 is 0. The highest BCUT2D eigenvalue weighted by Gasteiger charge is 2.06. The molecule has 0 unspecified atom stereocenters. The van der Waals surface area contributed by atoms with Crippen LogP contribution in [-0.4, -0.2) is 5.78 Å². The molecule has 0 atom stereocenters. The van der Waals surface area contributed by atoms with Crippen LogP contribution in [0.25, 0.3) is 0 Å². The van der Waals surface area contributed by atoms with Crippen LogP contribution in [0, 0.1) is 18.6 Å². The number of furan rings is 1. The van der Waals surface area contributed by atoms with Crippen molar-refractivity contribution in [1.29, 1.82) is 0 Å². The molecule has 5 heteroatoms. The van der Waals surface area contributed by atoms with E-state index in [1.807, 2.05) is 0 Å². The van der Waals surface area contributed by atoms with E-state index in [-0.39, 0.29) is 17.2 Å². The van der Waals surface area contributed by atoms with E-state index in [1.165, 1.54) is 18.3 Å². The van der Waals surface area contributed by atoms with Crippen LogP contribution in [0.15, 0.2) is 47.0 Å². The minimum absolute atomic E-state index is 0.0843. The molecular weight excluding hydrogens is 252 g/mol. The maximum absolute atomic E-state index is 13.3. The minimum Gasteiger partial charge on any atom is -0.458 e. The van der Waals surface area contributed by atoms with E-state index in [0.29, 0.717) is 5.76 Å². The van der Waals surface area contributed by atoms with Gasteiger partial charge in [0.1, 0.15) is 17.4 Å². The summed E-state index contributed by atoms with van der Waals surface area (Å²) in [6.45, 7) is 1.73. The molecule has 0 saturated carbocycles. The highest BCUT2D eigenvalue weighted by atomic mass is 19.1. The molecule has 1 heterocycles. The Labute approximate surface area is 108 Å². The molecule has 98 valence electrons. The second-order valence-corrected chi connectivity index (χ2v) is 3.88. The molecule has 0 aliphatic carbocycles. The number of nitrogens with one attached hydrogen (secondary N) is 1. The molecule has 1 aromatic carbocycles. The third kappa shape index (κ3) is 3.28. The van der Waals surface area contributed by atoms with Crippen LogP contribution in [0.2, 0.25) is 0 Å². The molecule has 0 radical (unpaired) electrons. The fourth-order valence-electron chi connectivity index (χ4n) is 1.46. The van der Waals surface area contributed by atoms with Crippen molar-refractivity contribution in [2.45, 2.75) is 6.92 Å². The van der Waals surface area contributed by atoms with E-state index >= 15 is 0 Å². The predicted octanol–water partition coefficient (Wildman–Crippen LogP) is 3.67. The van der Waals surface area contributed by atoms with Gasteiger partial charge in [0.05, 0.1) is 5.69 Å². The molecule has 19 heavy (non-hydrogen) atoms. The van der Waals surface area contributed by atoms with Crippen molar-refractivity contribution in [3.8, 4) is 0 Å². The number of carbonyl (C=O) groups is 1. The number of hydrogen-bond donors (Lipinski definition) is 1. The van der Waals surface area contributed by atoms with E-state index < -0.39 is 11.6 Å². The number of benzene rings is 1. The minimum atomic E-state index is -0.731. The molecule has 0 fully saturated rings. The van der Waals surface area contributed by atoms with Crippen molar-refractivity contribution in [3.05, 3.63) is 65.8 Å². The van der Waals surface area contributed by atoms with Crippen LogP contribution in [0.3, 0.4) is 0 Å². The van der Waals surface area contributed by atoms with Crippen molar-refractivity contribution in [3.63, 3.8) is 0 Å². The number of aryl methyl sites for hydroxylation is 1. The molecule has 0 aliphatic heterocycles. The lowest BCUT2D eigenvalue weighted by atomic mass is 10.3. The zero-order valence-corrected chi connectivity index (χ0v) is 10.1. The Bertz CT molecular complexity index is 632. The molecule has 0 aliphatic rings. The molecule has 0 spiro atoms. The van der Waals surface area contributed by atoms with Crippen molar-refractivity contribution in [1.82, 2.24) is 0 Å². The Kier molecular flexibility index (Phi) is 3.75. The van der Waals surface area contributed by atoms with Gasteiger partial charge >= 0.3 is 0 Å². The summed E-state index contributed by atoms with van der Waals surface area (Å²) in [6.07, 6.45) is 2.48. The summed E-state index contributed by atoms with van der Waals surface area (Å²) in [6, 6.07) is 6.36. The Morgan fingerprint density at radius 2 is 2.05 bits per heavy atom. The topological polar surface area (TPSA) is 42.2 Å². The van der Waals surface area contributed by atoms with Gasteiger partial charge in [-0.25, -0.2) is 8.78 Å². The fraction of sp³-hybridized carbons (Fsp3) is 0.0714. The lowest BCUT2D eigenvalue weighted by molar-refractivity contribution is 0.102. The molecule has 0 amide bonds. The zero-order chi connectivity index (χ0) is 13.8. The van der Waals surface area contributed by atoms with Gasteiger partial charge in [0.2, 0.25) is 5.78 Å². The van der Waals surface area contributed by atoms with Gasteiger partial charge in [-0.2, -0.15) is 0 Å². The third-order valence-corrected chi connectivity index (χ3v) is 2.39. The standard InChI is InChI=1S/C14H11F2NO2/c1-9-2-5-14(19-9)13(18)6-7-17-12-4-3-10(15)8-11(12)16/h2-8,17H,1H3/b7-6+. The van der Waals surface area contributed by atoms with Crippen LogP contribution in [0.1, 0.15) is 16.3 Å². The number of allylic oxidation sites excluding steroid dienone is 1. The van der Waals surface area contributed by atoms with Gasteiger partial charge < -0.3 is 9.73 Å². The highest BCUT2D eigenvalue weighted by molar-refractivity contribution is 6.02. The molecule has 2 aromatic rings. The third-order valence-electron chi connectivity index (χ3n) is 2.39. The van der Waals surface area contributed by atoms with Crippen molar-refractivity contribution in [2.75, 3.05) is 5.32 Å². The molecular formula is C14H11F2NO2. The van der Waals surface area contributed by atoms with Gasteiger partial charge in [-0.15, -0.1) is 0 Å². The summed E-state index contributed by atoms with van der Waals surface area (Å²) in [7, 11) is 0. The largest absolute Gasteiger partial charge is 0.458 e. The van der Waals surface area contributed by atoms with Gasteiger partial charge in [-0.3, -0.25) is 4.79 Å². The normalized spacial score (nSPS) is 10.9. The first-order valence-electron chi connectivity index (χ1n) is 5.55. The maximum Gasteiger partial charge on any atom is 0.222 e. The number of ketones is 1. The number of anilines is 1. The average molecular weight is 263 g/mol. The quantitative estimate of drug-likeness (QED) is 0.676. The van der Waals surface area contributed by atoms with E-state index in [4.69, 9.17) is 4.42 Å². The van der Waals surface area contributed by atoms with Gasteiger partial charge in [-0.1, -0.05) is 0 Å². The highest BCUT2D eigenvalue weighted by Crippen LogP contribution is 2.15. The predicted molar refractivity (Wildman–Crippen MR) is 66.9 cm³/mol. The number of rotatable bonds is 4. The Hall–Kier alpha value is -2.43. The SMILES string of the molecule is Cc1ccc(C(=O)/C=C/Nc2ccc(F)cc2F)o1. The molecule has 0 saturated heterocycles. The van der Waals surface area contributed by atoms with Crippen molar-refractivity contribution < 1.29 is 18.0 Å². The van der Waals surface area contributed by atoms with Crippen molar-refractivity contribution >= 4 is 11.5 Å². The summed E-state index contributed by atoms with van der Waals surface area (Å²) in [5, 5.41) is 2.56. The summed E-state index contributed by atoms with van der Waals surface area (Å²) in [4.78, 5) is 11.6. The average Bonchev–Trinajstić information content (AvgIpc) is 2.78. The van der Waals surface area contributed by atoms with Gasteiger partial charge in [0.15, 0.2) is 5.76 Å². The first-order chi connectivity index (χ1) is 9.06. The van der Waals surface area contributed by atoms with Crippen molar-refractivity contribution in [2.24, 2.45) is 0 Å². The first-order valence-corrected chi connectivity index (χ1v) is 5.55. The lowest BCUT2D eigenvalue weighted by Crippen LogP contribution is -1.96. The molecule has 0 bridgehead atoms. The maximum atomic E-state index is 13.3. The van der Waals surface area contributed by atoms with Crippen LogP contribution in [0.4, 0.5) is 14.5 Å². The second-order valence-electron chi connectivity index (χ2n) is 3.88. The Morgan fingerprint density at radius 1 is 1.26 bits per heavy atom. The van der Waals surface area contributed by atoms with Gasteiger partial charge in [-0.05, 0) is 31.2 Å². The van der Waals surface area contributed by atoms with E-state index in [1.54, 1.807) is 19.1 Å². The lowest BCUT2D eigenvalue weighted by Gasteiger charge is -2.01. The number of hydrogen-bond acceptors (Lipinski definition) is 3.